The van der Waals surface area contributed by atoms with Gasteiger partial charge in [-0.25, -0.2) is 8.42 Å². The van der Waals surface area contributed by atoms with E-state index < -0.39 is 10.4 Å². The smallest absolute Gasteiger partial charge is 0.217 e. The molecule has 5 heteroatoms. The molecule has 0 amide bonds. The molecule has 0 aromatic heterocycles. The van der Waals surface area contributed by atoms with Crippen LogP contribution in [-0.4, -0.2) is 19.6 Å². The monoisotopic (exact) mass is 251 g/mol. The van der Waals surface area contributed by atoms with Gasteiger partial charge >= 0.3 is 0 Å². The van der Waals surface area contributed by atoms with Crippen LogP contribution in [0.4, 0.5) is 0 Å². The molecule has 0 aliphatic carbocycles. The summed E-state index contributed by atoms with van der Waals surface area (Å²) in [6.45, 7) is 4.26. The molecule has 0 aliphatic heterocycles. The van der Waals surface area contributed by atoms with E-state index >= 15 is 0 Å². The minimum Gasteiger partial charge on any atom is -0.726 e. The predicted octanol–water partition coefficient (Wildman–Crippen LogP) is 2.85. The molecule has 0 saturated carbocycles. The van der Waals surface area contributed by atoms with Crippen LogP contribution in [0.2, 0.25) is 0 Å². The summed E-state index contributed by atoms with van der Waals surface area (Å²) < 4.78 is 34.7. The first-order valence-electron chi connectivity index (χ1n) is 6.06. The summed E-state index contributed by atoms with van der Waals surface area (Å²) >= 11 is 0. The Morgan fingerprint density at radius 1 is 1.12 bits per heavy atom. The molecule has 0 radical (unpaired) electrons. The van der Waals surface area contributed by atoms with Gasteiger partial charge < -0.3 is 4.55 Å². The second kappa shape index (κ2) is 8.96. The van der Waals surface area contributed by atoms with Crippen LogP contribution in [0, 0.1) is 5.92 Å². The molecular weight excluding hydrogens is 228 g/mol. The summed E-state index contributed by atoms with van der Waals surface area (Å²) in [5.74, 6) is 0.420. The van der Waals surface area contributed by atoms with Gasteiger partial charge in [0.1, 0.15) is 0 Å². The fraction of sp³-hybridized carbons (Fsp3) is 1.00. The lowest BCUT2D eigenvalue weighted by Crippen LogP contribution is -2.08. The molecule has 1 unspecified atom stereocenters. The summed E-state index contributed by atoms with van der Waals surface area (Å²) in [5.41, 5.74) is 0. The Bertz CT molecular complexity index is 249. The molecular formula is C11H23O4S-. The minimum atomic E-state index is -4.50. The SMILES string of the molecule is CCCCCCCC(C)CCOS(=O)(=O)[O-]. The average molecular weight is 251 g/mol. The molecule has 0 aliphatic rings. The molecule has 0 heterocycles. The molecule has 1 atom stereocenters. The zero-order chi connectivity index (χ0) is 12.4. The standard InChI is InChI=1S/C11H24O4S/c1-3-4-5-6-7-8-11(2)9-10-15-16(12,13)14/h11H,3-10H2,1-2H3,(H,12,13,14)/p-1. The molecule has 4 nitrogen and oxygen atoms in total. The lowest BCUT2D eigenvalue weighted by Gasteiger charge is -2.12. The normalized spacial score (nSPS) is 13.9. The number of hydrogen-bond donors (Lipinski definition) is 0. The highest BCUT2D eigenvalue weighted by molar-refractivity contribution is 7.80. The minimum absolute atomic E-state index is 0.0158. The van der Waals surface area contributed by atoms with Gasteiger partial charge in [-0.2, -0.15) is 0 Å². The number of hydrogen-bond acceptors (Lipinski definition) is 4. The van der Waals surface area contributed by atoms with Crippen LogP contribution in [-0.2, 0) is 14.6 Å². The van der Waals surface area contributed by atoms with E-state index in [0.29, 0.717) is 12.3 Å². The van der Waals surface area contributed by atoms with Crippen molar-refractivity contribution in [1.82, 2.24) is 0 Å². The topological polar surface area (TPSA) is 66.4 Å². The van der Waals surface area contributed by atoms with Crippen LogP contribution in [0.5, 0.6) is 0 Å². The maximum Gasteiger partial charge on any atom is 0.217 e. The second-order valence-electron chi connectivity index (χ2n) is 4.33. The van der Waals surface area contributed by atoms with E-state index in [0.717, 1.165) is 6.42 Å². The van der Waals surface area contributed by atoms with Crippen molar-refractivity contribution in [2.24, 2.45) is 5.92 Å². The predicted molar refractivity (Wildman–Crippen MR) is 62.8 cm³/mol. The second-order valence-corrected chi connectivity index (χ2v) is 5.38. The van der Waals surface area contributed by atoms with E-state index in [1.165, 1.54) is 32.1 Å². The first kappa shape index (κ1) is 15.9. The van der Waals surface area contributed by atoms with Gasteiger partial charge in [0.25, 0.3) is 0 Å². The van der Waals surface area contributed by atoms with Gasteiger partial charge in [-0.3, -0.25) is 4.18 Å². The highest BCUT2D eigenvalue weighted by atomic mass is 32.3. The van der Waals surface area contributed by atoms with Gasteiger partial charge in [-0.15, -0.1) is 0 Å². The molecule has 0 bridgehead atoms. The van der Waals surface area contributed by atoms with E-state index in [4.69, 9.17) is 0 Å². The molecule has 0 spiro atoms. The Hall–Kier alpha value is -0.130. The summed E-state index contributed by atoms with van der Waals surface area (Å²) in [6, 6.07) is 0. The average Bonchev–Trinajstić information content (AvgIpc) is 2.15. The van der Waals surface area contributed by atoms with Crippen molar-refractivity contribution in [1.29, 1.82) is 0 Å². The van der Waals surface area contributed by atoms with Crippen molar-refractivity contribution >= 4 is 10.4 Å². The fourth-order valence-electron chi connectivity index (χ4n) is 1.59. The molecule has 98 valence electrons. The summed E-state index contributed by atoms with van der Waals surface area (Å²) in [4.78, 5) is 0. The maximum atomic E-state index is 10.2. The van der Waals surface area contributed by atoms with Gasteiger partial charge in [0.2, 0.25) is 10.4 Å². The molecule has 16 heavy (non-hydrogen) atoms. The van der Waals surface area contributed by atoms with Gasteiger partial charge in [0, 0.05) is 0 Å². The van der Waals surface area contributed by atoms with Gasteiger partial charge in [0.05, 0.1) is 6.61 Å². The van der Waals surface area contributed by atoms with E-state index in [-0.39, 0.29) is 6.61 Å². The first-order valence-corrected chi connectivity index (χ1v) is 7.39. The van der Waals surface area contributed by atoms with E-state index in [1.54, 1.807) is 0 Å². The van der Waals surface area contributed by atoms with Crippen LogP contribution in [0.1, 0.15) is 58.8 Å². The first-order chi connectivity index (χ1) is 7.45. The quantitative estimate of drug-likeness (QED) is 0.340. The Balaban J connectivity index is 3.34. The highest BCUT2D eigenvalue weighted by Crippen LogP contribution is 2.14. The third-order valence-electron chi connectivity index (χ3n) is 2.64. The summed E-state index contributed by atoms with van der Waals surface area (Å²) in [6.07, 6.45) is 7.91. The van der Waals surface area contributed by atoms with Crippen molar-refractivity contribution in [3.63, 3.8) is 0 Å². The molecule has 0 rings (SSSR count). The van der Waals surface area contributed by atoms with Crippen LogP contribution in [0.15, 0.2) is 0 Å². The number of rotatable bonds is 10. The fourth-order valence-corrected chi connectivity index (χ4v) is 1.89. The van der Waals surface area contributed by atoms with Crippen molar-refractivity contribution in [2.45, 2.75) is 58.8 Å². The van der Waals surface area contributed by atoms with E-state index in [1.807, 2.05) is 0 Å². The Kier molecular flexibility index (Phi) is 8.89. The van der Waals surface area contributed by atoms with Gasteiger partial charge in [0.15, 0.2) is 0 Å². The highest BCUT2D eigenvalue weighted by Gasteiger charge is 2.03. The number of unbranched alkanes of at least 4 members (excludes halogenated alkanes) is 4. The summed E-state index contributed by atoms with van der Waals surface area (Å²) in [7, 11) is -4.50. The molecule has 0 aromatic carbocycles. The lowest BCUT2D eigenvalue weighted by atomic mass is 10.00. The largest absolute Gasteiger partial charge is 0.726 e. The Morgan fingerprint density at radius 3 is 2.31 bits per heavy atom. The van der Waals surface area contributed by atoms with Crippen LogP contribution in [0.3, 0.4) is 0 Å². The van der Waals surface area contributed by atoms with Gasteiger partial charge in [-0.1, -0.05) is 52.4 Å². The van der Waals surface area contributed by atoms with E-state index in [9.17, 15) is 13.0 Å². The van der Waals surface area contributed by atoms with Crippen molar-refractivity contribution in [3.05, 3.63) is 0 Å². The van der Waals surface area contributed by atoms with Gasteiger partial charge in [-0.05, 0) is 12.3 Å². The van der Waals surface area contributed by atoms with Crippen LogP contribution < -0.4 is 0 Å². The third-order valence-corrected chi connectivity index (χ3v) is 3.09. The zero-order valence-corrected chi connectivity index (χ0v) is 11.1. The molecule has 0 aromatic rings. The Labute approximate surface area is 99.3 Å². The zero-order valence-electron chi connectivity index (χ0n) is 10.3. The van der Waals surface area contributed by atoms with Crippen LogP contribution in [0.25, 0.3) is 0 Å². The van der Waals surface area contributed by atoms with E-state index in [2.05, 4.69) is 18.0 Å². The molecule has 0 saturated heterocycles. The van der Waals surface area contributed by atoms with Crippen molar-refractivity contribution in [2.75, 3.05) is 6.61 Å². The third kappa shape index (κ3) is 11.9. The molecule has 0 fully saturated rings. The lowest BCUT2D eigenvalue weighted by molar-refractivity contribution is 0.239. The summed E-state index contributed by atoms with van der Waals surface area (Å²) in [5, 5.41) is 0. The van der Waals surface area contributed by atoms with Crippen molar-refractivity contribution < 1.29 is 17.2 Å². The Morgan fingerprint density at radius 2 is 1.75 bits per heavy atom. The maximum absolute atomic E-state index is 10.2. The molecule has 0 N–H and O–H groups in total. The van der Waals surface area contributed by atoms with Crippen LogP contribution >= 0.6 is 0 Å². The van der Waals surface area contributed by atoms with Crippen molar-refractivity contribution in [3.8, 4) is 0 Å².